The first kappa shape index (κ1) is 12.4. The van der Waals surface area contributed by atoms with Crippen molar-refractivity contribution in [1.29, 1.82) is 0 Å². The van der Waals surface area contributed by atoms with Crippen molar-refractivity contribution in [3.63, 3.8) is 0 Å². The van der Waals surface area contributed by atoms with Gasteiger partial charge in [0.1, 0.15) is 5.82 Å². The van der Waals surface area contributed by atoms with Crippen molar-refractivity contribution in [3.05, 3.63) is 33.1 Å². The van der Waals surface area contributed by atoms with Crippen LogP contribution in [0.2, 0.25) is 0 Å². The van der Waals surface area contributed by atoms with Crippen molar-refractivity contribution >= 4 is 23.4 Å². The van der Waals surface area contributed by atoms with Gasteiger partial charge in [0.25, 0.3) is 0 Å². The lowest BCUT2D eigenvalue weighted by Crippen LogP contribution is -2.35. The van der Waals surface area contributed by atoms with Crippen LogP contribution in [0, 0.1) is 6.92 Å². The fourth-order valence-corrected chi connectivity index (χ4v) is 3.90. The number of hydrogen-bond acceptors (Lipinski definition) is 4. The minimum absolute atomic E-state index is 0.295. The molecule has 100 valence electrons. The molecule has 1 aliphatic rings. The molecular formula is C14H17N3OS. The zero-order valence-electron chi connectivity index (χ0n) is 11.4. The molecule has 2 aromatic heterocycles. The highest BCUT2D eigenvalue weighted by atomic mass is 32.1. The molecule has 19 heavy (non-hydrogen) atoms. The average Bonchev–Trinajstić information content (AvgIpc) is 2.95. The molecule has 1 aliphatic heterocycles. The molecule has 3 heterocycles. The second-order valence-electron chi connectivity index (χ2n) is 4.98. The second-order valence-corrected chi connectivity index (χ2v) is 5.98. The van der Waals surface area contributed by atoms with Crippen molar-refractivity contribution < 1.29 is 4.79 Å². The van der Waals surface area contributed by atoms with Crippen molar-refractivity contribution in [1.82, 2.24) is 9.78 Å². The molecule has 0 saturated carbocycles. The number of anilines is 1. The van der Waals surface area contributed by atoms with Gasteiger partial charge in [0.05, 0.1) is 17.3 Å². The lowest BCUT2D eigenvalue weighted by atomic mass is 10.0. The van der Waals surface area contributed by atoms with Gasteiger partial charge in [0, 0.05) is 18.5 Å². The molecule has 3 rings (SSSR count). The number of aldehydes is 1. The summed E-state index contributed by atoms with van der Waals surface area (Å²) >= 11 is 1.83. The summed E-state index contributed by atoms with van der Waals surface area (Å²) in [7, 11) is 1.91. The molecule has 1 unspecified atom stereocenters. The monoisotopic (exact) mass is 275 g/mol. The van der Waals surface area contributed by atoms with E-state index in [1.54, 1.807) is 0 Å². The maximum Gasteiger partial charge on any atom is 0.155 e. The van der Waals surface area contributed by atoms with Crippen molar-refractivity contribution in [2.75, 3.05) is 11.4 Å². The Morgan fingerprint density at radius 3 is 3.05 bits per heavy atom. The third-order valence-corrected chi connectivity index (χ3v) is 4.90. The maximum absolute atomic E-state index is 11.3. The van der Waals surface area contributed by atoms with E-state index in [9.17, 15) is 4.79 Å². The largest absolute Gasteiger partial charge is 0.349 e. The van der Waals surface area contributed by atoms with Crippen LogP contribution in [-0.2, 0) is 13.5 Å². The van der Waals surface area contributed by atoms with Crippen LogP contribution in [0.1, 0.15) is 39.5 Å². The lowest BCUT2D eigenvalue weighted by Gasteiger charge is -2.35. The predicted octanol–water partition coefficient (Wildman–Crippen LogP) is 2.73. The van der Waals surface area contributed by atoms with Crippen LogP contribution in [-0.4, -0.2) is 22.6 Å². The Hall–Kier alpha value is -1.62. The summed E-state index contributed by atoms with van der Waals surface area (Å²) in [5.41, 5.74) is 2.90. The SMILES string of the molecule is Cc1nn(C)c(N2CCc3sccc3C2C)c1C=O. The minimum Gasteiger partial charge on any atom is -0.349 e. The third-order valence-electron chi connectivity index (χ3n) is 3.90. The van der Waals surface area contributed by atoms with Gasteiger partial charge in [-0.05, 0) is 37.3 Å². The average molecular weight is 275 g/mol. The molecule has 5 heteroatoms. The normalized spacial score (nSPS) is 18.5. The van der Waals surface area contributed by atoms with E-state index in [-0.39, 0.29) is 0 Å². The van der Waals surface area contributed by atoms with E-state index in [1.165, 1.54) is 10.4 Å². The summed E-state index contributed by atoms with van der Waals surface area (Å²) in [6.07, 6.45) is 1.97. The van der Waals surface area contributed by atoms with Crippen LogP contribution in [0.3, 0.4) is 0 Å². The molecule has 0 N–H and O–H groups in total. The Morgan fingerprint density at radius 2 is 2.32 bits per heavy atom. The van der Waals surface area contributed by atoms with Crippen molar-refractivity contribution in [2.24, 2.45) is 7.05 Å². The van der Waals surface area contributed by atoms with Crippen LogP contribution in [0.5, 0.6) is 0 Å². The topological polar surface area (TPSA) is 38.1 Å². The van der Waals surface area contributed by atoms with Crippen LogP contribution in [0.15, 0.2) is 11.4 Å². The number of rotatable bonds is 2. The Bertz CT molecular complexity index is 629. The van der Waals surface area contributed by atoms with Crippen LogP contribution in [0.25, 0.3) is 0 Å². The molecule has 0 saturated heterocycles. The first-order valence-electron chi connectivity index (χ1n) is 6.45. The number of nitrogens with zero attached hydrogens (tertiary/aromatic N) is 3. The van der Waals surface area contributed by atoms with Gasteiger partial charge in [0.15, 0.2) is 6.29 Å². The highest BCUT2D eigenvalue weighted by molar-refractivity contribution is 7.10. The summed E-state index contributed by atoms with van der Waals surface area (Å²) < 4.78 is 1.83. The maximum atomic E-state index is 11.3. The summed E-state index contributed by atoms with van der Waals surface area (Å²) in [4.78, 5) is 15.1. The lowest BCUT2D eigenvalue weighted by molar-refractivity contribution is 0.112. The first-order chi connectivity index (χ1) is 9.13. The predicted molar refractivity (Wildman–Crippen MR) is 77.1 cm³/mol. The van der Waals surface area contributed by atoms with Gasteiger partial charge in [-0.1, -0.05) is 0 Å². The van der Waals surface area contributed by atoms with Gasteiger partial charge in [-0.25, -0.2) is 0 Å². The molecule has 4 nitrogen and oxygen atoms in total. The van der Waals surface area contributed by atoms with E-state index >= 15 is 0 Å². The van der Waals surface area contributed by atoms with Crippen molar-refractivity contribution in [3.8, 4) is 0 Å². The summed E-state index contributed by atoms with van der Waals surface area (Å²) in [6.45, 7) is 5.02. The Morgan fingerprint density at radius 1 is 1.53 bits per heavy atom. The third kappa shape index (κ3) is 1.80. The highest BCUT2D eigenvalue weighted by Gasteiger charge is 2.29. The highest BCUT2D eigenvalue weighted by Crippen LogP contribution is 2.37. The molecule has 0 spiro atoms. The standard InChI is InChI=1S/C14H17N3OS/c1-9-12(8-18)14(16(3)15-9)17-6-4-13-11(10(17)2)5-7-19-13/h5,7-8,10H,4,6H2,1-3H3. The number of hydrogen-bond donors (Lipinski definition) is 0. The Labute approximate surface area is 116 Å². The number of carbonyl (C=O) groups excluding carboxylic acids is 1. The molecule has 0 amide bonds. The van der Waals surface area contributed by atoms with E-state index < -0.39 is 0 Å². The van der Waals surface area contributed by atoms with E-state index in [1.807, 2.05) is 30.0 Å². The van der Waals surface area contributed by atoms with Crippen molar-refractivity contribution in [2.45, 2.75) is 26.3 Å². The molecular weight excluding hydrogens is 258 g/mol. The molecule has 1 atom stereocenters. The van der Waals surface area contributed by atoms with Gasteiger partial charge < -0.3 is 4.90 Å². The Kier molecular flexibility index (Phi) is 2.93. The van der Waals surface area contributed by atoms with Crippen LogP contribution >= 0.6 is 11.3 Å². The number of aryl methyl sites for hydroxylation is 2. The van der Waals surface area contributed by atoms with Gasteiger partial charge in [0.2, 0.25) is 0 Å². The number of carbonyl (C=O) groups is 1. The van der Waals surface area contributed by atoms with Gasteiger partial charge in [-0.15, -0.1) is 11.3 Å². The van der Waals surface area contributed by atoms with Crippen LogP contribution < -0.4 is 4.90 Å². The minimum atomic E-state index is 0.295. The summed E-state index contributed by atoms with van der Waals surface area (Å²) in [5.74, 6) is 0.942. The number of aromatic nitrogens is 2. The van der Waals surface area contributed by atoms with E-state index in [0.717, 1.165) is 30.8 Å². The number of fused-ring (bicyclic) bond motifs is 1. The molecule has 0 aliphatic carbocycles. The first-order valence-corrected chi connectivity index (χ1v) is 7.33. The zero-order chi connectivity index (χ0) is 13.6. The van der Waals surface area contributed by atoms with Gasteiger partial charge in [-0.2, -0.15) is 5.10 Å². The molecule has 0 radical (unpaired) electrons. The smallest absolute Gasteiger partial charge is 0.155 e. The molecule has 0 aromatic carbocycles. The quantitative estimate of drug-likeness (QED) is 0.791. The molecule has 0 fully saturated rings. The zero-order valence-corrected chi connectivity index (χ0v) is 12.2. The van der Waals surface area contributed by atoms with Crippen LogP contribution in [0.4, 0.5) is 5.82 Å². The number of thiophene rings is 1. The fourth-order valence-electron chi connectivity index (χ4n) is 2.94. The summed E-state index contributed by atoms with van der Waals surface area (Å²) in [5, 5.41) is 6.53. The Balaban J connectivity index is 2.07. The summed E-state index contributed by atoms with van der Waals surface area (Å²) in [6, 6.07) is 2.49. The fraction of sp³-hybridized carbons (Fsp3) is 0.429. The van der Waals surface area contributed by atoms with Gasteiger partial charge >= 0.3 is 0 Å². The van der Waals surface area contributed by atoms with E-state index in [2.05, 4.69) is 28.4 Å². The second kappa shape index (κ2) is 4.49. The van der Waals surface area contributed by atoms with Gasteiger partial charge in [-0.3, -0.25) is 9.48 Å². The van der Waals surface area contributed by atoms with E-state index in [0.29, 0.717) is 11.6 Å². The molecule has 2 aromatic rings. The molecule has 0 bridgehead atoms. The van der Waals surface area contributed by atoms with E-state index in [4.69, 9.17) is 0 Å².